The van der Waals surface area contributed by atoms with E-state index < -0.39 is 11.7 Å². The van der Waals surface area contributed by atoms with Crippen molar-refractivity contribution >= 4 is 22.8 Å². The second-order valence-electron chi connectivity index (χ2n) is 5.49. The zero-order chi connectivity index (χ0) is 18.0. The summed E-state index contributed by atoms with van der Waals surface area (Å²) in [7, 11) is 0. The molecule has 0 saturated carbocycles. The van der Waals surface area contributed by atoms with Crippen molar-refractivity contribution in [3.63, 3.8) is 0 Å². The SMILES string of the molecule is CCCn1c(SCc2noc(CC)n2)nc2ccc(C(F)(F)F)cc21. The number of benzene rings is 1. The fraction of sp³-hybridized carbons (Fsp3) is 0.438. The standard InChI is InChI=1S/C16H17F3N4OS/c1-3-7-23-12-8-10(16(17,18)19)5-6-11(12)20-15(23)25-9-13-21-14(4-2)24-22-13/h5-6,8H,3-4,7,9H2,1-2H3. The predicted molar refractivity (Wildman–Crippen MR) is 88.3 cm³/mol. The Labute approximate surface area is 146 Å². The molecule has 0 aliphatic heterocycles. The van der Waals surface area contributed by atoms with Crippen molar-refractivity contribution in [2.45, 2.75) is 50.3 Å². The lowest BCUT2D eigenvalue weighted by Gasteiger charge is -2.09. The molecule has 0 atom stereocenters. The molecule has 0 fully saturated rings. The molecule has 2 aromatic heterocycles. The van der Waals surface area contributed by atoms with E-state index in [-0.39, 0.29) is 0 Å². The van der Waals surface area contributed by atoms with Crippen molar-refractivity contribution in [2.75, 3.05) is 0 Å². The maximum Gasteiger partial charge on any atom is 0.416 e. The van der Waals surface area contributed by atoms with E-state index in [0.29, 0.717) is 46.6 Å². The van der Waals surface area contributed by atoms with Gasteiger partial charge < -0.3 is 9.09 Å². The summed E-state index contributed by atoms with van der Waals surface area (Å²) in [6.45, 7) is 4.48. The van der Waals surface area contributed by atoms with Crippen LogP contribution in [0.2, 0.25) is 0 Å². The zero-order valence-electron chi connectivity index (χ0n) is 13.8. The second-order valence-corrected chi connectivity index (χ2v) is 6.44. The monoisotopic (exact) mass is 370 g/mol. The van der Waals surface area contributed by atoms with Crippen molar-refractivity contribution in [2.24, 2.45) is 0 Å². The van der Waals surface area contributed by atoms with E-state index in [0.717, 1.165) is 18.6 Å². The highest BCUT2D eigenvalue weighted by Gasteiger charge is 2.31. The summed E-state index contributed by atoms with van der Waals surface area (Å²) in [6.07, 6.45) is -2.92. The summed E-state index contributed by atoms with van der Waals surface area (Å²) in [5, 5.41) is 4.54. The molecular weight excluding hydrogens is 353 g/mol. The normalized spacial score (nSPS) is 12.2. The average molecular weight is 370 g/mol. The van der Waals surface area contributed by atoms with Crippen LogP contribution in [0.25, 0.3) is 11.0 Å². The summed E-state index contributed by atoms with van der Waals surface area (Å²) in [4.78, 5) is 8.70. The van der Waals surface area contributed by atoms with Gasteiger partial charge in [0.1, 0.15) is 0 Å². The van der Waals surface area contributed by atoms with E-state index in [1.807, 2.05) is 18.4 Å². The van der Waals surface area contributed by atoms with E-state index in [9.17, 15) is 13.2 Å². The fourth-order valence-corrected chi connectivity index (χ4v) is 3.33. The summed E-state index contributed by atoms with van der Waals surface area (Å²) in [5.74, 6) is 1.56. The Kier molecular flexibility index (Phi) is 5.03. The number of fused-ring (bicyclic) bond motifs is 1. The highest BCUT2D eigenvalue weighted by molar-refractivity contribution is 7.98. The van der Waals surface area contributed by atoms with E-state index in [1.165, 1.54) is 17.8 Å². The number of hydrogen-bond donors (Lipinski definition) is 0. The second kappa shape index (κ2) is 7.07. The molecule has 1 aromatic carbocycles. The third kappa shape index (κ3) is 3.81. The van der Waals surface area contributed by atoms with Gasteiger partial charge in [-0.1, -0.05) is 30.8 Å². The molecule has 2 heterocycles. The van der Waals surface area contributed by atoms with Gasteiger partial charge in [0, 0.05) is 13.0 Å². The molecule has 25 heavy (non-hydrogen) atoms. The molecule has 5 nitrogen and oxygen atoms in total. The van der Waals surface area contributed by atoms with Crippen molar-refractivity contribution in [1.82, 2.24) is 19.7 Å². The molecule has 0 saturated heterocycles. The van der Waals surface area contributed by atoms with Crippen molar-refractivity contribution in [3.8, 4) is 0 Å². The summed E-state index contributed by atoms with van der Waals surface area (Å²) < 4.78 is 45.8. The van der Waals surface area contributed by atoms with E-state index in [2.05, 4.69) is 15.1 Å². The number of nitrogens with zero attached hydrogens (tertiary/aromatic N) is 4. The lowest BCUT2D eigenvalue weighted by atomic mass is 10.2. The van der Waals surface area contributed by atoms with Crippen LogP contribution in [0.5, 0.6) is 0 Å². The molecule has 0 amide bonds. The molecule has 3 rings (SSSR count). The Morgan fingerprint density at radius 1 is 1.20 bits per heavy atom. The Morgan fingerprint density at radius 2 is 2.00 bits per heavy atom. The Balaban J connectivity index is 1.92. The number of aryl methyl sites for hydroxylation is 2. The Hall–Kier alpha value is -2.03. The van der Waals surface area contributed by atoms with Crippen molar-refractivity contribution < 1.29 is 17.7 Å². The minimum atomic E-state index is -4.37. The first-order valence-corrected chi connectivity index (χ1v) is 8.92. The highest BCUT2D eigenvalue weighted by atomic mass is 32.2. The maximum absolute atomic E-state index is 13.0. The van der Waals surface area contributed by atoms with Crippen molar-refractivity contribution in [3.05, 3.63) is 35.5 Å². The third-order valence-corrected chi connectivity index (χ3v) is 4.60. The van der Waals surface area contributed by atoms with Crippen LogP contribution < -0.4 is 0 Å². The predicted octanol–water partition coefficient (Wildman–Crippen LogP) is 4.70. The molecule has 3 aromatic rings. The van der Waals surface area contributed by atoms with Crippen LogP contribution in [-0.4, -0.2) is 19.7 Å². The van der Waals surface area contributed by atoms with Gasteiger partial charge in [0.25, 0.3) is 0 Å². The van der Waals surface area contributed by atoms with Crippen LogP contribution in [-0.2, 0) is 24.9 Å². The number of rotatable bonds is 6. The lowest BCUT2D eigenvalue weighted by molar-refractivity contribution is -0.137. The molecule has 134 valence electrons. The van der Waals surface area contributed by atoms with Gasteiger partial charge in [0.15, 0.2) is 11.0 Å². The summed E-state index contributed by atoms with van der Waals surface area (Å²) >= 11 is 1.39. The van der Waals surface area contributed by atoms with E-state index in [4.69, 9.17) is 4.52 Å². The molecule has 0 aliphatic rings. The molecule has 0 N–H and O–H groups in total. The maximum atomic E-state index is 13.0. The van der Waals surface area contributed by atoms with Gasteiger partial charge in [-0.15, -0.1) is 0 Å². The number of hydrogen-bond acceptors (Lipinski definition) is 5. The van der Waals surface area contributed by atoms with Crippen LogP contribution >= 0.6 is 11.8 Å². The summed E-state index contributed by atoms with van der Waals surface area (Å²) in [6, 6.07) is 3.64. The zero-order valence-corrected chi connectivity index (χ0v) is 14.6. The Bertz CT molecular complexity index is 872. The van der Waals surface area contributed by atoms with Gasteiger partial charge in [0.2, 0.25) is 5.89 Å². The summed E-state index contributed by atoms with van der Waals surface area (Å²) in [5.41, 5.74) is 0.368. The number of alkyl halides is 3. The molecule has 0 bridgehead atoms. The molecule has 0 radical (unpaired) electrons. The van der Waals surface area contributed by atoms with Gasteiger partial charge in [-0.2, -0.15) is 18.2 Å². The van der Waals surface area contributed by atoms with E-state index in [1.54, 1.807) is 0 Å². The van der Waals surface area contributed by atoms with Crippen LogP contribution in [0.4, 0.5) is 13.2 Å². The topological polar surface area (TPSA) is 56.7 Å². The fourth-order valence-electron chi connectivity index (χ4n) is 2.45. The molecule has 0 spiro atoms. The first-order valence-electron chi connectivity index (χ1n) is 7.94. The minimum absolute atomic E-state index is 0.447. The largest absolute Gasteiger partial charge is 0.416 e. The average Bonchev–Trinajstić information content (AvgIpc) is 3.16. The van der Waals surface area contributed by atoms with Gasteiger partial charge in [-0.05, 0) is 24.6 Å². The van der Waals surface area contributed by atoms with Crippen LogP contribution in [0.1, 0.15) is 37.5 Å². The van der Waals surface area contributed by atoms with Gasteiger partial charge in [-0.25, -0.2) is 4.98 Å². The van der Waals surface area contributed by atoms with E-state index >= 15 is 0 Å². The van der Waals surface area contributed by atoms with Crippen LogP contribution in [0.3, 0.4) is 0 Å². The smallest absolute Gasteiger partial charge is 0.339 e. The van der Waals surface area contributed by atoms with Gasteiger partial charge >= 0.3 is 6.18 Å². The molecule has 0 aliphatic carbocycles. The first kappa shape index (κ1) is 17.8. The molecule has 0 unspecified atom stereocenters. The number of imidazole rings is 1. The van der Waals surface area contributed by atoms with Gasteiger partial charge in [-0.3, -0.25) is 0 Å². The van der Waals surface area contributed by atoms with Crippen LogP contribution in [0, 0.1) is 0 Å². The van der Waals surface area contributed by atoms with Crippen molar-refractivity contribution in [1.29, 1.82) is 0 Å². The molecule has 9 heteroatoms. The lowest BCUT2D eigenvalue weighted by Crippen LogP contribution is -2.05. The molecular formula is C16H17F3N4OS. The first-order chi connectivity index (χ1) is 11.9. The van der Waals surface area contributed by atoms with Gasteiger partial charge in [0.05, 0.1) is 22.3 Å². The number of aromatic nitrogens is 4. The highest BCUT2D eigenvalue weighted by Crippen LogP contribution is 2.33. The number of thioether (sulfide) groups is 1. The third-order valence-electron chi connectivity index (χ3n) is 3.63. The van der Waals surface area contributed by atoms with Crippen LogP contribution in [0.15, 0.2) is 27.9 Å². The minimum Gasteiger partial charge on any atom is -0.339 e. The number of halogens is 3. The Morgan fingerprint density at radius 3 is 2.64 bits per heavy atom. The quantitative estimate of drug-likeness (QED) is 0.589.